The van der Waals surface area contributed by atoms with Gasteiger partial charge in [0.05, 0.1) is 18.6 Å². The van der Waals surface area contributed by atoms with Crippen molar-refractivity contribution in [3.05, 3.63) is 34.1 Å². The molecule has 1 aromatic carbocycles. The summed E-state index contributed by atoms with van der Waals surface area (Å²) < 4.78 is 14.3. The van der Waals surface area contributed by atoms with E-state index in [-0.39, 0.29) is 24.2 Å². The minimum Gasteiger partial charge on any atom is -0.391 e. The van der Waals surface area contributed by atoms with Crippen molar-refractivity contribution >= 4 is 21.8 Å². The lowest BCUT2D eigenvalue weighted by Crippen LogP contribution is -2.45. The summed E-state index contributed by atoms with van der Waals surface area (Å²) in [6, 6.07) is 4.34. The normalized spacial score (nSPS) is 23.1. The van der Waals surface area contributed by atoms with Crippen molar-refractivity contribution in [3.8, 4) is 0 Å². The predicted octanol–water partition coefficient (Wildman–Crippen LogP) is 2.55. The molecule has 0 bridgehead atoms. The molecule has 0 aliphatic heterocycles. The molecule has 1 aromatic rings. The lowest BCUT2D eigenvalue weighted by molar-refractivity contribution is -0.122. The number of benzene rings is 1. The lowest BCUT2D eigenvalue weighted by atomic mass is 9.92. The minimum atomic E-state index is -0.481. The molecule has 19 heavy (non-hydrogen) atoms. The Morgan fingerprint density at radius 3 is 2.89 bits per heavy atom. The highest BCUT2D eigenvalue weighted by atomic mass is 79.9. The molecule has 0 heterocycles. The molecule has 0 aromatic heterocycles. The molecule has 1 aliphatic carbocycles. The van der Waals surface area contributed by atoms with Crippen LogP contribution in [0, 0.1) is 5.82 Å². The van der Waals surface area contributed by atoms with Crippen LogP contribution >= 0.6 is 15.9 Å². The van der Waals surface area contributed by atoms with E-state index in [0.717, 1.165) is 30.2 Å². The summed E-state index contributed by atoms with van der Waals surface area (Å²) in [6.07, 6.45) is 3.02. The molecule has 0 spiro atoms. The molecular weight excluding hydrogens is 313 g/mol. The van der Waals surface area contributed by atoms with Crippen LogP contribution in [0.2, 0.25) is 0 Å². The van der Waals surface area contributed by atoms with Crippen LogP contribution in [0.4, 0.5) is 4.39 Å². The van der Waals surface area contributed by atoms with Gasteiger partial charge in [-0.05, 0) is 36.6 Å². The van der Waals surface area contributed by atoms with E-state index < -0.39 is 6.10 Å². The zero-order chi connectivity index (χ0) is 13.8. The van der Waals surface area contributed by atoms with E-state index >= 15 is 0 Å². The second-order valence-corrected chi connectivity index (χ2v) is 5.85. The Morgan fingerprint density at radius 2 is 2.16 bits per heavy atom. The molecule has 2 atom stereocenters. The predicted molar refractivity (Wildman–Crippen MR) is 74.2 cm³/mol. The van der Waals surface area contributed by atoms with Gasteiger partial charge in [-0.2, -0.15) is 0 Å². The van der Waals surface area contributed by atoms with Crippen molar-refractivity contribution < 1.29 is 14.3 Å². The molecule has 2 rings (SSSR count). The number of hydrogen-bond donors (Lipinski definition) is 2. The third kappa shape index (κ3) is 4.01. The van der Waals surface area contributed by atoms with Crippen LogP contribution in [0.25, 0.3) is 0 Å². The van der Waals surface area contributed by atoms with E-state index in [4.69, 9.17) is 0 Å². The first-order valence-corrected chi connectivity index (χ1v) is 7.27. The molecule has 2 N–H and O–H groups in total. The highest BCUT2D eigenvalue weighted by molar-refractivity contribution is 9.10. The average Bonchev–Trinajstić information content (AvgIpc) is 2.37. The van der Waals surface area contributed by atoms with E-state index in [1.807, 2.05) is 0 Å². The maximum absolute atomic E-state index is 13.5. The Morgan fingerprint density at radius 1 is 1.42 bits per heavy atom. The van der Waals surface area contributed by atoms with Gasteiger partial charge >= 0.3 is 0 Å². The minimum absolute atomic E-state index is 0.00546. The van der Waals surface area contributed by atoms with Gasteiger partial charge in [0, 0.05) is 4.47 Å². The topological polar surface area (TPSA) is 49.3 Å². The summed E-state index contributed by atoms with van der Waals surface area (Å²) >= 11 is 3.26. The van der Waals surface area contributed by atoms with Gasteiger partial charge in [0.15, 0.2) is 0 Å². The Kier molecular flexibility index (Phi) is 4.93. The van der Waals surface area contributed by atoms with Crippen molar-refractivity contribution in [3.63, 3.8) is 0 Å². The molecule has 0 radical (unpaired) electrons. The molecule has 2 unspecified atom stereocenters. The number of nitrogens with one attached hydrogen (secondary N) is 1. The van der Waals surface area contributed by atoms with Gasteiger partial charge in [0.2, 0.25) is 5.91 Å². The molecule has 3 nitrogen and oxygen atoms in total. The van der Waals surface area contributed by atoms with E-state index in [1.165, 1.54) is 6.07 Å². The number of carbonyl (C=O) groups is 1. The average molecular weight is 330 g/mol. The monoisotopic (exact) mass is 329 g/mol. The highest BCUT2D eigenvalue weighted by Crippen LogP contribution is 2.19. The standard InChI is InChI=1S/C14H17BrFNO2/c15-10-5-6-11(16)9(7-10)8-14(19)17-12-3-1-2-4-13(12)18/h5-7,12-13,18H,1-4,8H2,(H,17,19). The van der Waals surface area contributed by atoms with Crippen molar-refractivity contribution in [2.45, 2.75) is 44.2 Å². The second-order valence-electron chi connectivity index (χ2n) is 4.94. The number of rotatable bonds is 3. The Balaban J connectivity index is 1.95. The molecule has 1 saturated carbocycles. The molecule has 1 aliphatic rings. The van der Waals surface area contributed by atoms with Gasteiger partial charge in [-0.3, -0.25) is 4.79 Å². The number of hydrogen-bond acceptors (Lipinski definition) is 2. The zero-order valence-corrected chi connectivity index (χ0v) is 12.1. The van der Waals surface area contributed by atoms with Crippen LogP contribution < -0.4 is 5.32 Å². The van der Waals surface area contributed by atoms with Crippen molar-refractivity contribution in [2.75, 3.05) is 0 Å². The molecule has 1 fully saturated rings. The zero-order valence-electron chi connectivity index (χ0n) is 10.5. The van der Waals surface area contributed by atoms with Crippen LogP contribution in [0.15, 0.2) is 22.7 Å². The second kappa shape index (κ2) is 6.48. The van der Waals surface area contributed by atoms with Crippen molar-refractivity contribution in [1.82, 2.24) is 5.32 Å². The Bertz CT molecular complexity index is 467. The lowest BCUT2D eigenvalue weighted by Gasteiger charge is -2.28. The third-order valence-corrected chi connectivity index (χ3v) is 3.93. The fourth-order valence-electron chi connectivity index (χ4n) is 2.39. The van der Waals surface area contributed by atoms with E-state index in [0.29, 0.717) is 5.56 Å². The number of aliphatic hydroxyl groups excluding tert-OH is 1. The third-order valence-electron chi connectivity index (χ3n) is 3.43. The SMILES string of the molecule is O=C(Cc1cc(Br)ccc1F)NC1CCCCC1O. The number of carbonyl (C=O) groups excluding carboxylic acids is 1. The maximum atomic E-state index is 13.5. The van der Waals surface area contributed by atoms with Crippen LogP contribution in [0.1, 0.15) is 31.2 Å². The molecule has 104 valence electrons. The van der Waals surface area contributed by atoms with Crippen LogP contribution in [-0.4, -0.2) is 23.2 Å². The maximum Gasteiger partial charge on any atom is 0.224 e. The van der Waals surface area contributed by atoms with Crippen LogP contribution in [-0.2, 0) is 11.2 Å². The van der Waals surface area contributed by atoms with Gasteiger partial charge < -0.3 is 10.4 Å². The van der Waals surface area contributed by atoms with Gasteiger partial charge in [-0.15, -0.1) is 0 Å². The fourth-order valence-corrected chi connectivity index (χ4v) is 2.80. The summed E-state index contributed by atoms with van der Waals surface area (Å²) in [5.74, 6) is -0.634. The molecular formula is C14H17BrFNO2. The first kappa shape index (κ1) is 14.5. The Hall–Kier alpha value is -0.940. The highest BCUT2D eigenvalue weighted by Gasteiger charge is 2.24. The summed E-state index contributed by atoms with van der Waals surface area (Å²) in [7, 11) is 0. The van der Waals surface area contributed by atoms with Gasteiger partial charge in [0.25, 0.3) is 0 Å². The first-order chi connectivity index (χ1) is 9.06. The first-order valence-electron chi connectivity index (χ1n) is 6.47. The van der Waals surface area contributed by atoms with Crippen molar-refractivity contribution in [2.24, 2.45) is 0 Å². The smallest absolute Gasteiger partial charge is 0.224 e. The van der Waals surface area contributed by atoms with Crippen LogP contribution in [0.5, 0.6) is 0 Å². The molecule has 5 heteroatoms. The molecule has 1 amide bonds. The van der Waals surface area contributed by atoms with E-state index in [1.54, 1.807) is 12.1 Å². The molecule has 0 saturated heterocycles. The number of aliphatic hydroxyl groups is 1. The fraction of sp³-hybridized carbons (Fsp3) is 0.500. The van der Waals surface area contributed by atoms with E-state index in [2.05, 4.69) is 21.2 Å². The summed E-state index contributed by atoms with van der Waals surface area (Å²) in [6.45, 7) is 0. The Labute approximate surface area is 120 Å². The quantitative estimate of drug-likeness (QED) is 0.895. The summed E-state index contributed by atoms with van der Waals surface area (Å²) in [4.78, 5) is 11.9. The largest absolute Gasteiger partial charge is 0.391 e. The number of amides is 1. The van der Waals surface area contributed by atoms with Gasteiger partial charge in [-0.25, -0.2) is 4.39 Å². The van der Waals surface area contributed by atoms with Gasteiger partial charge in [0.1, 0.15) is 5.82 Å². The van der Waals surface area contributed by atoms with E-state index in [9.17, 15) is 14.3 Å². The van der Waals surface area contributed by atoms with Crippen LogP contribution in [0.3, 0.4) is 0 Å². The summed E-state index contributed by atoms with van der Waals surface area (Å²) in [5, 5.41) is 12.6. The van der Waals surface area contributed by atoms with Crippen molar-refractivity contribution in [1.29, 1.82) is 0 Å². The summed E-state index contributed by atoms with van der Waals surface area (Å²) in [5.41, 5.74) is 0.358. The number of halogens is 2. The van der Waals surface area contributed by atoms with Gasteiger partial charge in [-0.1, -0.05) is 28.8 Å².